The van der Waals surface area contributed by atoms with E-state index >= 15 is 0 Å². The molecule has 1 aromatic carbocycles. The number of benzene rings is 1. The van der Waals surface area contributed by atoms with Crippen LogP contribution in [0.15, 0.2) is 24.3 Å². The molecule has 1 aliphatic heterocycles. The number of para-hydroxylation sites is 1. The molecule has 1 fully saturated rings. The van der Waals surface area contributed by atoms with E-state index in [1.807, 2.05) is 0 Å². The molecule has 2 nitrogen and oxygen atoms in total. The Morgan fingerprint density at radius 2 is 1.95 bits per heavy atom. The molecule has 0 bridgehead atoms. The lowest BCUT2D eigenvalue weighted by Crippen LogP contribution is -2.37. The summed E-state index contributed by atoms with van der Waals surface area (Å²) in [5, 5.41) is 3.53. The SMILES string of the molecule is CCN(CC1CCNc2ccccc21)C1CCCC1. The van der Waals surface area contributed by atoms with Crippen LogP contribution in [0.5, 0.6) is 0 Å². The van der Waals surface area contributed by atoms with Crippen LogP contribution in [0.25, 0.3) is 0 Å². The van der Waals surface area contributed by atoms with Gasteiger partial charge in [-0.15, -0.1) is 0 Å². The molecule has 0 spiro atoms. The minimum atomic E-state index is 0.720. The molecule has 2 heteroatoms. The summed E-state index contributed by atoms with van der Waals surface area (Å²) in [7, 11) is 0. The summed E-state index contributed by atoms with van der Waals surface area (Å²) in [4.78, 5) is 2.74. The van der Waals surface area contributed by atoms with Crippen molar-refractivity contribution in [1.82, 2.24) is 4.90 Å². The van der Waals surface area contributed by atoms with Gasteiger partial charge in [-0.2, -0.15) is 0 Å². The Kier molecular flexibility index (Phi) is 4.07. The number of anilines is 1. The molecule has 1 aliphatic carbocycles. The number of likely N-dealkylation sites (N-methyl/N-ethyl adjacent to an activating group) is 1. The number of hydrogen-bond acceptors (Lipinski definition) is 2. The van der Waals surface area contributed by atoms with Gasteiger partial charge in [-0.25, -0.2) is 0 Å². The molecule has 104 valence electrons. The van der Waals surface area contributed by atoms with Crippen LogP contribution < -0.4 is 5.32 Å². The summed E-state index contributed by atoms with van der Waals surface area (Å²) >= 11 is 0. The fraction of sp³-hybridized carbons (Fsp3) is 0.647. The maximum atomic E-state index is 3.53. The van der Waals surface area contributed by atoms with Gasteiger partial charge in [0.15, 0.2) is 0 Å². The van der Waals surface area contributed by atoms with Crippen LogP contribution in [0.2, 0.25) is 0 Å². The normalized spacial score (nSPS) is 23.4. The second kappa shape index (κ2) is 5.96. The summed E-state index contributed by atoms with van der Waals surface area (Å²) in [6.07, 6.45) is 6.98. The molecule has 1 atom stereocenters. The summed E-state index contributed by atoms with van der Waals surface area (Å²) in [5.41, 5.74) is 2.89. The zero-order chi connectivity index (χ0) is 13.1. The van der Waals surface area contributed by atoms with Crippen molar-refractivity contribution < 1.29 is 0 Å². The molecule has 0 saturated heterocycles. The average Bonchev–Trinajstić information content (AvgIpc) is 2.99. The van der Waals surface area contributed by atoms with Gasteiger partial charge in [0.2, 0.25) is 0 Å². The largest absolute Gasteiger partial charge is 0.385 e. The minimum absolute atomic E-state index is 0.720. The lowest BCUT2D eigenvalue weighted by molar-refractivity contribution is 0.193. The van der Waals surface area contributed by atoms with Crippen LogP contribution in [0.4, 0.5) is 5.69 Å². The lowest BCUT2D eigenvalue weighted by Gasteiger charge is -2.34. The lowest BCUT2D eigenvalue weighted by atomic mass is 9.90. The van der Waals surface area contributed by atoms with Crippen molar-refractivity contribution in [3.05, 3.63) is 29.8 Å². The van der Waals surface area contributed by atoms with E-state index in [4.69, 9.17) is 0 Å². The van der Waals surface area contributed by atoms with E-state index in [9.17, 15) is 0 Å². The predicted molar refractivity (Wildman–Crippen MR) is 81.8 cm³/mol. The third-order valence-corrected chi connectivity index (χ3v) is 4.91. The number of fused-ring (bicyclic) bond motifs is 1. The van der Waals surface area contributed by atoms with E-state index < -0.39 is 0 Å². The Labute approximate surface area is 117 Å². The molecule has 0 radical (unpaired) electrons. The van der Waals surface area contributed by atoms with Gasteiger partial charge in [0.25, 0.3) is 0 Å². The molecule has 1 saturated carbocycles. The maximum absolute atomic E-state index is 3.53. The van der Waals surface area contributed by atoms with E-state index in [0.717, 1.165) is 18.5 Å². The number of rotatable bonds is 4. The summed E-state index contributed by atoms with van der Waals surface area (Å²) in [6.45, 7) is 5.91. The van der Waals surface area contributed by atoms with Gasteiger partial charge in [-0.3, -0.25) is 0 Å². The quantitative estimate of drug-likeness (QED) is 0.882. The highest BCUT2D eigenvalue weighted by Crippen LogP contribution is 2.33. The molecule has 1 N–H and O–H groups in total. The molecule has 0 amide bonds. The van der Waals surface area contributed by atoms with Gasteiger partial charge in [0.05, 0.1) is 0 Å². The third kappa shape index (κ3) is 2.79. The smallest absolute Gasteiger partial charge is 0.0376 e. The Bertz CT molecular complexity index is 409. The second-order valence-corrected chi connectivity index (χ2v) is 6.03. The Morgan fingerprint density at radius 1 is 1.16 bits per heavy atom. The van der Waals surface area contributed by atoms with Crippen LogP contribution in [-0.4, -0.2) is 30.6 Å². The van der Waals surface area contributed by atoms with Crippen LogP contribution in [0, 0.1) is 0 Å². The molecular formula is C17H26N2. The van der Waals surface area contributed by atoms with Crippen molar-refractivity contribution in [2.75, 3.05) is 25.0 Å². The van der Waals surface area contributed by atoms with E-state index in [1.165, 1.54) is 56.4 Å². The highest BCUT2D eigenvalue weighted by Gasteiger charge is 2.26. The minimum Gasteiger partial charge on any atom is -0.385 e. The van der Waals surface area contributed by atoms with Gasteiger partial charge >= 0.3 is 0 Å². The standard InChI is InChI=1S/C17H26N2/c1-2-19(15-7-3-4-8-15)13-14-11-12-18-17-10-6-5-9-16(14)17/h5-6,9-10,14-15,18H,2-4,7-8,11-13H2,1H3. The molecule has 2 aliphatic rings. The summed E-state index contributed by atoms with van der Waals surface area (Å²) in [5.74, 6) is 0.720. The Morgan fingerprint density at radius 3 is 2.74 bits per heavy atom. The molecule has 1 unspecified atom stereocenters. The number of hydrogen-bond donors (Lipinski definition) is 1. The fourth-order valence-electron chi connectivity index (χ4n) is 3.83. The average molecular weight is 258 g/mol. The van der Waals surface area contributed by atoms with Gasteiger partial charge in [-0.1, -0.05) is 38.0 Å². The Hall–Kier alpha value is -1.02. The number of nitrogens with one attached hydrogen (secondary N) is 1. The van der Waals surface area contributed by atoms with Crippen LogP contribution in [-0.2, 0) is 0 Å². The first-order valence-corrected chi connectivity index (χ1v) is 7.95. The van der Waals surface area contributed by atoms with E-state index in [0.29, 0.717) is 0 Å². The van der Waals surface area contributed by atoms with Crippen molar-refractivity contribution in [3.63, 3.8) is 0 Å². The first-order chi connectivity index (χ1) is 9.38. The van der Waals surface area contributed by atoms with Gasteiger partial charge < -0.3 is 10.2 Å². The van der Waals surface area contributed by atoms with Crippen molar-refractivity contribution in [2.45, 2.75) is 51.0 Å². The first-order valence-electron chi connectivity index (χ1n) is 7.95. The van der Waals surface area contributed by atoms with Gasteiger partial charge in [0, 0.05) is 30.7 Å². The monoisotopic (exact) mass is 258 g/mol. The highest BCUT2D eigenvalue weighted by atomic mass is 15.2. The highest BCUT2D eigenvalue weighted by molar-refractivity contribution is 5.54. The van der Waals surface area contributed by atoms with Crippen molar-refractivity contribution >= 4 is 5.69 Å². The topological polar surface area (TPSA) is 15.3 Å². The first kappa shape index (κ1) is 13.0. The zero-order valence-electron chi connectivity index (χ0n) is 12.1. The van der Waals surface area contributed by atoms with Crippen LogP contribution in [0.1, 0.15) is 50.5 Å². The van der Waals surface area contributed by atoms with Gasteiger partial charge in [-0.05, 0) is 37.4 Å². The maximum Gasteiger partial charge on any atom is 0.0376 e. The Balaban J connectivity index is 1.72. The van der Waals surface area contributed by atoms with Crippen molar-refractivity contribution in [1.29, 1.82) is 0 Å². The van der Waals surface area contributed by atoms with Gasteiger partial charge in [0.1, 0.15) is 0 Å². The summed E-state index contributed by atoms with van der Waals surface area (Å²) < 4.78 is 0. The molecule has 19 heavy (non-hydrogen) atoms. The predicted octanol–water partition coefficient (Wildman–Crippen LogP) is 3.85. The fourth-order valence-corrected chi connectivity index (χ4v) is 3.83. The second-order valence-electron chi connectivity index (χ2n) is 6.03. The number of nitrogens with zero attached hydrogens (tertiary/aromatic N) is 1. The molecule has 3 rings (SSSR count). The molecule has 1 aromatic rings. The van der Waals surface area contributed by atoms with E-state index in [1.54, 1.807) is 0 Å². The van der Waals surface area contributed by atoms with E-state index in [-0.39, 0.29) is 0 Å². The van der Waals surface area contributed by atoms with Crippen molar-refractivity contribution in [3.8, 4) is 0 Å². The summed E-state index contributed by atoms with van der Waals surface area (Å²) in [6, 6.07) is 9.72. The van der Waals surface area contributed by atoms with Crippen LogP contribution >= 0.6 is 0 Å². The van der Waals surface area contributed by atoms with Crippen molar-refractivity contribution in [2.24, 2.45) is 0 Å². The zero-order valence-corrected chi connectivity index (χ0v) is 12.1. The molecular weight excluding hydrogens is 232 g/mol. The molecule has 0 aromatic heterocycles. The third-order valence-electron chi connectivity index (χ3n) is 4.91. The molecule has 1 heterocycles. The van der Waals surface area contributed by atoms with E-state index in [2.05, 4.69) is 41.4 Å². The van der Waals surface area contributed by atoms with Crippen LogP contribution in [0.3, 0.4) is 0 Å².